The molecule has 0 aliphatic rings. The second kappa shape index (κ2) is 15.8. The van der Waals surface area contributed by atoms with Gasteiger partial charge in [0.1, 0.15) is 11.2 Å². The van der Waals surface area contributed by atoms with Crippen molar-refractivity contribution in [2.75, 3.05) is 4.90 Å². The fourth-order valence-corrected chi connectivity index (χ4v) is 9.57. The zero-order chi connectivity index (χ0) is 42.4. The summed E-state index contributed by atoms with van der Waals surface area (Å²) in [7, 11) is 0. The number of nitrogens with zero attached hydrogens (tertiary/aromatic N) is 1. The molecule has 12 aromatic rings. The molecule has 0 saturated heterocycles. The van der Waals surface area contributed by atoms with Crippen molar-refractivity contribution in [1.82, 2.24) is 0 Å². The van der Waals surface area contributed by atoms with E-state index >= 15 is 0 Å². The summed E-state index contributed by atoms with van der Waals surface area (Å²) < 4.78 is 6.57. The molecule has 2 heteroatoms. The molecule has 0 bridgehead atoms. The Kier molecular flexibility index (Phi) is 9.20. The molecule has 1 aromatic heterocycles. The maximum atomic E-state index is 6.57. The van der Waals surface area contributed by atoms with Crippen LogP contribution in [0.2, 0.25) is 0 Å². The second-order valence-corrected chi connectivity index (χ2v) is 16.4. The number of rotatable bonds is 8. The maximum Gasteiger partial charge on any atom is 0.143 e. The minimum Gasteiger partial charge on any atom is -0.455 e. The predicted molar refractivity (Wildman–Crippen MR) is 271 cm³/mol. The van der Waals surface area contributed by atoms with Crippen LogP contribution in [-0.2, 0) is 0 Å². The smallest absolute Gasteiger partial charge is 0.143 e. The zero-order valence-electron chi connectivity index (χ0n) is 35.0. The molecule has 0 unspecified atom stereocenters. The molecule has 0 fully saturated rings. The monoisotopic (exact) mass is 815 g/mol. The van der Waals surface area contributed by atoms with E-state index in [1.54, 1.807) is 0 Å². The first kappa shape index (κ1) is 37.3. The van der Waals surface area contributed by atoms with Crippen molar-refractivity contribution in [3.8, 4) is 55.6 Å². The summed E-state index contributed by atoms with van der Waals surface area (Å²) in [5.74, 6) is 0. The van der Waals surface area contributed by atoms with Crippen molar-refractivity contribution < 1.29 is 4.42 Å². The molecule has 0 N–H and O–H groups in total. The van der Waals surface area contributed by atoms with Crippen LogP contribution in [0.1, 0.15) is 0 Å². The summed E-state index contributed by atoms with van der Waals surface area (Å²) in [6, 6.07) is 89.6. The SMILES string of the molecule is c1ccc(-c2ccc(-c3ccc(N(c4ccc(-c5cccc6oc7c8ccccc8ccc7c56)cc4)c4cccc(-c5cccc6ccccc56)c4)cc3)cc2-c2ccccc2)cc1. The fraction of sp³-hybridized carbons (Fsp3) is 0. The minimum absolute atomic E-state index is 0.894. The largest absolute Gasteiger partial charge is 0.455 e. The molecular formula is C62H41NO. The van der Waals surface area contributed by atoms with E-state index in [4.69, 9.17) is 4.42 Å². The van der Waals surface area contributed by atoms with Crippen molar-refractivity contribution in [1.29, 1.82) is 0 Å². The first-order valence-corrected chi connectivity index (χ1v) is 21.9. The molecule has 0 amide bonds. The van der Waals surface area contributed by atoms with Crippen LogP contribution in [0.25, 0.3) is 99.1 Å². The summed E-state index contributed by atoms with van der Waals surface area (Å²) in [6.45, 7) is 0. The summed E-state index contributed by atoms with van der Waals surface area (Å²) in [6.07, 6.45) is 0. The normalized spacial score (nSPS) is 11.4. The molecule has 1 heterocycles. The van der Waals surface area contributed by atoms with E-state index in [0.717, 1.165) is 61.1 Å². The topological polar surface area (TPSA) is 16.4 Å². The van der Waals surface area contributed by atoms with Gasteiger partial charge in [-0.15, -0.1) is 0 Å². The highest BCUT2D eigenvalue weighted by Crippen LogP contribution is 2.43. The van der Waals surface area contributed by atoms with Crippen LogP contribution >= 0.6 is 0 Å². The molecular weight excluding hydrogens is 775 g/mol. The molecule has 0 aliphatic carbocycles. The van der Waals surface area contributed by atoms with E-state index in [0.29, 0.717) is 0 Å². The molecule has 12 rings (SSSR count). The Morgan fingerprint density at radius 3 is 1.56 bits per heavy atom. The Bertz CT molecular complexity index is 3640. The van der Waals surface area contributed by atoms with E-state index in [9.17, 15) is 0 Å². The van der Waals surface area contributed by atoms with Crippen LogP contribution < -0.4 is 4.90 Å². The molecule has 0 spiro atoms. The number of benzene rings is 11. The zero-order valence-corrected chi connectivity index (χ0v) is 35.0. The van der Waals surface area contributed by atoms with Gasteiger partial charge in [0, 0.05) is 33.2 Å². The standard InChI is InChI=1S/C62H41NO/c1-3-14-43(15-4-1)55-38-33-48(41-59(55)45-16-5-2-6-17-45)42-28-34-50(35-29-42)63(52-22-11-21-49(40-52)54-25-12-20-44-18-7-9-23-53(44)54)51-36-30-47(31-37-51)56-26-13-27-60-61(56)58-39-32-46-19-8-10-24-57(46)62(58)64-60/h1-41H. The van der Waals surface area contributed by atoms with Crippen LogP contribution in [0.4, 0.5) is 17.1 Å². The Balaban J connectivity index is 0.965. The highest BCUT2D eigenvalue weighted by Gasteiger charge is 2.18. The van der Waals surface area contributed by atoms with Gasteiger partial charge < -0.3 is 9.32 Å². The van der Waals surface area contributed by atoms with Gasteiger partial charge in [-0.05, 0) is 126 Å². The van der Waals surface area contributed by atoms with Gasteiger partial charge >= 0.3 is 0 Å². The van der Waals surface area contributed by atoms with Gasteiger partial charge in [-0.25, -0.2) is 0 Å². The number of furan rings is 1. The lowest BCUT2D eigenvalue weighted by Gasteiger charge is -2.26. The molecule has 300 valence electrons. The van der Waals surface area contributed by atoms with Gasteiger partial charge in [0.15, 0.2) is 0 Å². The number of hydrogen-bond acceptors (Lipinski definition) is 2. The molecule has 64 heavy (non-hydrogen) atoms. The number of fused-ring (bicyclic) bond motifs is 6. The lowest BCUT2D eigenvalue weighted by atomic mass is 9.91. The van der Waals surface area contributed by atoms with E-state index in [2.05, 4.69) is 254 Å². The van der Waals surface area contributed by atoms with E-state index < -0.39 is 0 Å². The fourth-order valence-electron chi connectivity index (χ4n) is 9.57. The van der Waals surface area contributed by atoms with Gasteiger partial charge in [-0.3, -0.25) is 0 Å². The van der Waals surface area contributed by atoms with Gasteiger partial charge in [0.05, 0.1) is 0 Å². The minimum atomic E-state index is 0.894. The Labute approximate surface area is 372 Å². The summed E-state index contributed by atoms with van der Waals surface area (Å²) in [5.41, 5.74) is 16.9. The molecule has 11 aromatic carbocycles. The lowest BCUT2D eigenvalue weighted by Crippen LogP contribution is -2.10. The Hall–Kier alpha value is -8.46. The van der Waals surface area contributed by atoms with Crippen molar-refractivity contribution in [2.45, 2.75) is 0 Å². The summed E-state index contributed by atoms with van der Waals surface area (Å²) >= 11 is 0. The van der Waals surface area contributed by atoms with Gasteiger partial charge in [-0.1, -0.05) is 194 Å². The predicted octanol–water partition coefficient (Wildman–Crippen LogP) is 17.7. The van der Waals surface area contributed by atoms with E-state index in [-0.39, 0.29) is 0 Å². The molecule has 0 atom stereocenters. The van der Waals surface area contributed by atoms with Crippen LogP contribution in [0.15, 0.2) is 253 Å². The van der Waals surface area contributed by atoms with Crippen molar-refractivity contribution >= 4 is 60.5 Å². The van der Waals surface area contributed by atoms with E-state index in [1.165, 1.54) is 55.1 Å². The average molecular weight is 816 g/mol. The maximum absolute atomic E-state index is 6.57. The Morgan fingerprint density at radius 1 is 0.266 bits per heavy atom. The second-order valence-electron chi connectivity index (χ2n) is 16.4. The summed E-state index contributed by atoms with van der Waals surface area (Å²) in [4.78, 5) is 2.37. The van der Waals surface area contributed by atoms with Gasteiger partial charge in [0.25, 0.3) is 0 Å². The molecule has 0 saturated carbocycles. The van der Waals surface area contributed by atoms with Crippen LogP contribution in [-0.4, -0.2) is 0 Å². The number of anilines is 3. The first-order valence-electron chi connectivity index (χ1n) is 21.9. The van der Waals surface area contributed by atoms with Crippen molar-refractivity contribution in [3.63, 3.8) is 0 Å². The first-order chi connectivity index (χ1) is 31.7. The van der Waals surface area contributed by atoms with Crippen molar-refractivity contribution in [2.24, 2.45) is 0 Å². The number of hydrogen-bond donors (Lipinski definition) is 0. The molecule has 2 nitrogen and oxygen atoms in total. The Morgan fingerprint density at radius 2 is 0.812 bits per heavy atom. The van der Waals surface area contributed by atoms with E-state index in [1.807, 2.05) is 0 Å². The third-order valence-electron chi connectivity index (χ3n) is 12.7. The quantitative estimate of drug-likeness (QED) is 0.152. The molecule has 0 radical (unpaired) electrons. The molecule has 0 aliphatic heterocycles. The van der Waals surface area contributed by atoms with Gasteiger partial charge in [-0.2, -0.15) is 0 Å². The van der Waals surface area contributed by atoms with Crippen molar-refractivity contribution in [3.05, 3.63) is 249 Å². The average Bonchev–Trinajstić information content (AvgIpc) is 3.77. The third-order valence-corrected chi connectivity index (χ3v) is 12.7. The van der Waals surface area contributed by atoms with Gasteiger partial charge in [0.2, 0.25) is 0 Å². The third kappa shape index (κ3) is 6.61. The summed E-state index contributed by atoms with van der Waals surface area (Å²) in [5, 5.41) is 7.05. The highest BCUT2D eigenvalue weighted by atomic mass is 16.3. The van der Waals surface area contributed by atoms with Crippen LogP contribution in [0.3, 0.4) is 0 Å². The highest BCUT2D eigenvalue weighted by molar-refractivity contribution is 6.19. The van der Waals surface area contributed by atoms with Crippen LogP contribution in [0, 0.1) is 0 Å². The van der Waals surface area contributed by atoms with Crippen LogP contribution in [0.5, 0.6) is 0 Å². The lowest BCUT2D eigenvalue weighted by molar-refractivity contribution is 0.673.